The maximum Gasteiger partial charge on any atom is 0.469 e. The largest absolute Gasteiger partial charge is 0.469 e. The number of hydrogen-bond acceptors (Lipinski definition) is 7. The monoisotopic (exact) mass is 797 g/mol. The van der Waals surface area contributed by atoms with E-state index in [4.69, 9.17) is 19.3 Å². The van der Waals surface area contributed by atoms with E-state index >= 15 is 0 Å². The van der Waals surface area contributed by atoms with E-state index in [0.717, 1.165) is 32.1 Å². The number of esters is 2. The first-order chi connectivity index (χ1) is 26.7. The van der Waals surface area contributed by atoms with Crippen molar-refractivity contribution in [3.8, 4) is 0 Å². The van der Waals surface area contributed by atoms with Crippen LogP contribution in [0, 0.1) is 0 Å². The smallest absolute Gasteiger partial charge is 0.462 e. The molecule has 0 amide bonds. The molecule has 10 heteroatoms. The van der Waals surface area contributed by atoms with Gasteiger partial charge in [-0.05, 0) is 44.9 Å². The number of ether oxygens (including phenoxy) is 2. The van der Waals surface area contributed by atoms with Crippen molar-refractivity contribution in [1.29, 1.82) is 0 Å². The Labute approximate surface area is 336 Å². The van der Waals surface area contributed by atoms with E-state index in [0.29, 0.717) is 25.7 Å². The van der Waals surface area contributed by atoms with Crippen LogP contribution in [0.25, 0.3) is 0 Å². The summed E-state index contributed by atoms with van der Waals surface area (Å²) >= 11 is 0. The maximum atomic E-state index is 12.4. The summed E-state index contributed by atoms with van der Waals surface area (Å²) in [7, 11) is -4.78. The van der Waals surface area contributed by atoms with E-state index in [1.807, 2.05) is 36.5 Å². The summed E-state index contributed by atoms with van der Waals surface area (Å²) in [5.41, 5.74) is 0. The Kier molecular flexibility index (Phi) is 38.7. The number of hydrogen-bond donors (Lipinski definition) is 3. The summed E-state index contributed by atoms with van der Waals surface area (Å²) in [5, 5.41) is 10.00. The van der Waals surface area contributed by atoms with Crippen molar-refractivity contribution < 1.29 is 43.0 Å². The van der Waals surface area contributed by atoms with E-state index in [9.17, 15) is 19.3 Å². The number of rotatable bonds is 40. The minimum Gasteiger partial charge on any atom is -0.462 e. The number of unbranched alkanes of at least 4 members (excludes halogenated alkanes) is 22. The lowest BCUT2D eigenvalue weighted by Gasteiger charge is -2.18. The van der Waals surface area contributed by atoms with Crippen LogP contribution in [0.2, 0.25) is 0 Å². The van der Waals surface area contributed by atoms with Crippen molar-refractivity contribution in [3.63, 3.8) is 0 Å². The van der Waals surface area contributed by atoms with Crippen molar-refractivity contribution in [2.24, 2.45) is 0 Å². The van der Waals surface area contributed by atoms with Gasteiger partial charge in [-0.25, -0.2) is 4.57 Å². The fourth-order valence-corrected chi connectivity index (χ4v) is 6.46. The molecule has 9 nitrogen and oxygen atoms in total. The fraction of sp³-hybridized carbons (Fsp3) is 0.778. The molecule has 0 spiro atoms. The molecular weight excluding hydrogens is 715 g/mol. The van der Waals surface area contributed by atoms with Crippen LogP contribution in [-0.2, 0) is 28.2 Å². The number of phosphoric acid groups is 1. The van der Waals surface area contributed by atoms with Crippen molar-refractivity contribution >= 4 is 19.8 Å². The molecule has 0 bridgehead atoms. The van der Waals surface area contributed by atoms with Crippen LogP contribution in [0.3, 0.4) is 0 Å². The number of aliphatic hydroxyl groups is 1. The first-order valence-electron chi connectivity index (χ1n) is 22.0. The molecule has 3 N–H and O–H groups in total. The summed E-state index contributed by atoms with van der Waals surface area (Å²) in [6, 6.07) is 0. The van der Waals surface area contributed by atoms with E-state index in [1.54, 1.807) is 6.08 Å². The van der Waals surface area contributed by atoms with Gasteiger partial charge in [0, 0.05) is 12.8 Å². The van der Waals surface area contributed by atoms with Gasteiger partial charge in [0.15, 0.2) is 6.10 Å². The highest BCUT2D eigenvalue weighted by Crippen LogP contribution is 2.36. The normalized spacial score (nSPS) is 13.5. The third-order valence-corrected chi connectivity index (χ3v) is 9.92. The third-order valence-electron chi connectivity index (χ3n) is 9.43. The first-order valence-corrected chi connectivity index (χ1v) is 23.6. The van der Waals surface area contributed by atoms with E-state index < -0.39 is 38.6 Å². The molecule has 0 aromatic heterocycles. The van der Waals surface area contributed by atoms with Crippen LogP contribution in [0.15, 0.2) is 48.6 Å². The molecule has 0 saturated carbocycles. The highest BCUT2D eigenvalue weighted by molar-refractivity contribution is 7.46. The average molecular weight is 797 g/mol. The van der Waals surface area contributed by atoms with Crippen LogP contribution in [-0.4, -0.2) is 52.3 Å². The molecule has 0 aliphatic heterocycles. The first kappa shape index (κ1) is 53.0. The summed E-state index contributed by atoms with van der Waals surface area (Å²) in [5.74, 6) is -0.984. The Morgan fingerprint density at radius 2 is 1.05 bits per heavy atom. The zero-order valence-corrected chi connectivity index (χ0v) is 35.8. The van der Waals surface area contributed by atoms with Crippen molar-refractivity contribution in [3.05, 3.63) is 48.6 Å². The van der Waals surface area contributed by atoms with Gasteiger partial charge in [-0.2, -0.15) is 0 Å². The van der Waals surface area contributed by atoms with Crippen LogP contribution in [0.4, 0.5) is 0 Å². The highest BCUT2D eigenvalue weighted by atomic mass is 31.2. The SMILES string of the molecule is CCCCC/C=C\C[C@@H](O)/C=C/C=C\C/C=C\CCCC(=O)OC[C@H](COP(=O)(O)O)OC(=O)CCCCCCCCCCCCCCCCCCCCC. The molecule has 55 heavy (non-hydrogen) atoms. The van der Waals surface area contributed by atoms with Crippen LogP contribution in [0.1, 0.15) is 200 Å². The molecule has 0 aliphatic rings. The molecule has 0 radical (unpaired) electrons. The van der Waals surface area contributed by atoms with E-state index in [-0.39, 0.29) is 19.4 Å². The lowest BCUT2D eigenvalue weighted by molar-refractivity contribution is -0.161. The lowest BCUT2D eigenvalue weighted by atomic mass is 10.0. The molecule has 0 heterocycles. The lowest BCUT2D eigenvalue weighted by Crippen LogP contribution is -2.29. The summed E-state index contributed by atoms with van der Waals surface area (Å²) in [6.07, 6.45) is 45.8. The summed E-state index contributed by atoms with van der Waals surface area (Å²) in [6.45, 7) is 3.55. The van der Waals surface area contributed by atoms with Gasteiger partial charge in [-0.1, -0.05) is 191 Å². The summed E-state index contributed by atoms with van der Waals surface area (Å²) < 4.78 is 26.3. The minimum absolute atomic E-state index is 0.160. The number of phosphoric ester groups is 1. The van der Waals surface area contributed by atoms with Gasteiger partial charge in [0.2, 0.25) is 0 Å². The molecule has 0 aromatic rings. The quantitative estimate of drug-likeness (QED) is 0.0182. The zero-order valence-electron chi connectivity index (χ0n) is 34.9. The third kappa shape index (κ3) is 42.9. The van der Waals surface area contributed by atoms with Gasteiger partial charge in [0.25, 0.3) is 0 Å². The van der Waals surface area contributed by atoms with Gasteiger partial charge >= 0.3 is 19.8 Å². The van der Waals surface area contributed by atoms with Crippen LogP contribution in [0.5, 0.6) is 0 Å². The Morgan fingerprint density at radius 1 is 0.564 bits per heavy atom. The van der Waals surface area contributed by atoms with Gasteiger partial charge in [0.05, 0.1) is 12.7 Å². The molecule has 0 fully saturated rings. The van der Waals surface area contributed by atoms with E-state index in [2.05, 4.69) is 24.4 Å². The Bertz CT molecular complexity index is 1050. The molecule has 320 valence electrons. The Morgan fingerprint density at radius 3 is 1.62 bits per heavy atom. The molecule has 0 unspecified atom stereocenters. The molecule has 0 aliphatic carbocycles. The second-order valence-electron chi connectivity index (χ2n) is 14.9. The van der Waals surface area contributed by atoms with Gasteiger partial charge in [-0.15, -0.1) is 0 Å². The predicted molar refractivity (Wildman–Crippen MR) is 227 cm³/mol. The highest BCUT2D eigenvalue weighted by Gasteiger charge is 2.22. The van der Waals surface area contributed by atoms with E-state index in [1.165, 1.54) is 116 Å². The number of allylic oxidation sites excluding steroid dienone is 6. The molecule has 0 rings (SSSR count). The Balaban J connectivity index is 4.02. The minimum atomic E-state index is -4.78. The molecule has 0 saturated heterocycles. The number of carbonyl (C=O) groups is 2. The zero-order chi connectivity index (χ0) is 40.5. The van der Waals surface area contributed by atoms with Crippen molar-refractivity contribution in [1.82, 2.24) is 0 Å². The standard InChI is InChI=1S/C45H81O9P/c1-3-5-7-9-11-12-13-14-15-16-17-18-19-20-21-22-27-31-35-39-45(48)54-43(41-53-55(49,50)51)40-52-44(47)38-34-30-26-24-23-25-29-33-37-42(46)36-32-28-10-8-6-4-2/h24-26,28-29,32-33,37,42-43,46H,3-23,27,30-31,34-36,38-41H2,1-2H3,(H2,49,50,51)/b26-24-,29-25-,32-28-,37-33+/t42-,43-/m1/s1. The fourth-order valence-electron chi connectivity index (χ4n) is 6.10. The van der Waals surface area contributed by atoms with Gasteiger partial charge < -0.3 is 24.4 Å². The van der Waals surface area contributed by atoms with Gasteiger partial charge in [-0.3, -0.25) is 14.1 Å². The van der Waals surface area contributed by atoms with Crippen LogP contribution >= 0.6 is 7.82 Å². The predicted octanol–water partition coefficient (Wildman–Crippen LogP) is 12.5. The summed E-state index contributed by atoms with van der Waals surface area (Å²) in [4.78, 5) is 42.9. The van der Waals surface area contributed by atoms with Crippen LogP contribution < -0.4 is 0 Å². The number of aliphatic hydroxyl groups excluding tert-OH is 1. The molecular formula is C45H81O9P. The second kappa shape index (κ2) is 40.2. The maximum absolute atomic E-state index is 12.4. The van der Waals surface area contributed by atoms with Crippen molar-refractivity contribution in [2.75, 3.05) is 13.2 Å². The average Bonchev–Trinajstić information content (AvgIpc) is 3.15. The Hall–Kier alpha value is -2.03. The number of carbonyl (C=O) groups excluding carboxylic acids is 2. The second-order valence-corrected chi connectivity index (χ2v) is 16.1. The van der Waals surface area contributed by atoms with Gasteiger partial charge in [0.1, 0.15) is 6.61 Å². The topological polar surface area (TPSA) is 140 Å². The van der Waals surface area contributed by atoms with Crippen molar-refractivity contribution in [2.45, 2.75) is 212 Å². The molecule has 0 aromatic carbocycles. The molecule has 2 atom stereocenters.